The molecular formula is C27H26N4O2S. The molecule has 0 radical (unpaired) electrons. The van der Waals surface area contributed by atoms with E-state index >= 15 is 0 Å². The highest BCUT2D eigenvalue weighted by atomic mass is 32.2. The van der Waals surface area contributed by atoms with E-state index in [1.165, 1.54) is 0 Å². The third-order valence-corrected chi connectivity index (χ3v) is 6.89. The van der Waals surface area contributed by atoms with Gasteiger partial charge in [-0.15, -0.1) is 0 Å². The summed E-state index contributed by atoms with van der Waals surface area (Å²) in [7, 11) is 1.65. The SMILES string of the molecule is CNC(=O)c1ccccc1Sc1ccc2c(/C=C/c3ccccn3)nn([C@@H]3CCCCO3)c2c1. The highest BCUT2D eigenvalue weighted by Gasteiger charge is 2.21. The lowest BCUT2D eigenvalue weighted by molar-refractivity contribution is -0.0367. The maximum Gasteiger partial charge on any atom is 0.252 e. The zero-order valence-electron chi connectivity index (χ0n) is 19.0. The molecular weight excluding hydrogens is 444 g/mol. The molecule has 1 atom stereocenters. The first-order valence-electron chi connectivity index (χ1n) is 11.4. The first kappa shape index (κ1) is 22.4. The number of nitrogens with zero attached hydrogens (tertiary/aromatic N) is 3. The molecule has 0 saturated carbocycles. The molecule has 0 aliphatic carbocycles. The minimum absolute atomic E-state index is 0.0772. The summed E-state index contributed by atoms with van der Waals surface area (Å²) in [5, 5.41) is 8.72. The molecule has 3 heterocycles. The van der Waals surface area contributed by atoms with Crippen molar-refractivity contribution in [3.8, 4) is 0 Å². The summed E-state index contributed by atoms with van der Waals surface area (Å²) in [5.74, 6) is -0.0910. The molecule has 1 amide bonds. The third kappa shape index (κ3) is 4.76. The summed E-state index contributed by atoms with van der Waals surface area (Å²) in [6, 6.07) is 19.8. The molecule has 2 aromatic carbocycles. The Hall–Kier alpha value is -3.42. The van der Waals surface area contributed by atoms with Gasteiger partial charge in [-0.3, -0.25) is 9.78 Å². The third-order valence-electron chi connectivity index (χ3n) is 5.82. The van der Waals surface area contributed by atoms with Crippen LogP contribution in [0.3, 0.4) is 0 Å². The van der Waals surface area contributed by atoms with Crippen LogP contribution in [0.5, 0.6) is 0 Å². The van der Waals surface area contributed by atoms with Crippen LogP contribution in [-0.2, 0) is 4.74 Å². The number of fused-ring (bicyclic) bond motifs is 1. The average molecular weight is 471 g/mol. The Balaban J connectivity index is 1.54. The van der Waals surface area contributed by atoms with Gasteiger partial charge < -0.3 is 10.1 Å². The van der Waals surface area contributed by atoms with E-state index in [2.05, 4.69) is 28.5 Å². The maximum atomic E-state index is 12.3. The number of ether oxygens (including phenoxy) is 1. The molecule has 1 N–H and O–H groups in total. The van der Waals surface area contributed by atoms with E-state index in [0.717, 1.165) is 58.0 Å². The average Bonchev–Trinajstić information content (AvgIpc) is 3.26. The number of carbonyl (C=O) groups excluding carboxylic acids is 1. The molecule has 1 aliphatic heterocycles. The van der Waals surface area contributed by atoms with Gasteiger partial charge in [-0.05, 0) is 73.9 Å². The number of pyridine rings is 1. The largest absolute Gasteiger partial charge is 0.356 e. The number of benzene rings is 2. The summed E-state index contributed by atoms with van der Waals surface area (Å²) in [6.07, 6.45) is 8.85. The molecule has 1 fully saturated rings. The van der Waals surface area contributed by atoms with Crippen molar-refractivity contribution in [2.75, 3.05) is 13.7 Å². The predicted molar refractivity (Wildman–Crippen MR) is 136 cm³/mol. The molecule has 0 unspecified atom stereocenters. The maximum absolute atomic E-state index is 12.3. The molecule has 34 heavy (non-hydrogen) atoms. The summed E-state index contributed by atoms with van der Waals surface area (Å²) >= 11 is 1.58. The lowest BCUT2D eigenvalue weighted by Gasteiger charge is -2.23. The second-order valence-electron chi connectivity index (χ2n) is 8.10. The molecule has 5 rings (SSSR count). The van der Waals surface area contributed by atoms with Crippen molar-refractivity contribution in [3.63, 3.8) is 0 Å². The van der Waals surface area contributed by atoms with Crippen LogP contribution in [0.1, 0.15) is 47.2 Å². The quantitative estimate of drug-likeness (QED) is 0.385. The fraction of sp³-hybridized carbons (Fsp3) is 0.222. The zero-order valence-corrected chi connectivity index (χ0v) is 19.8. The number of rotatable bonds is 6. The Bertz CT molecular complexity index is 1330. The molecule has 7 heteroatoms. The topological polar surface area (TPSA) is 69.0 Å². The second kappa shape index (κ2) is 10.2. The number of amides is 1. The van der Waals surface area contributed by atoms with Crippen LogP contribution < -0.4 is 5.32 Å². The normalized spacial score (nSPS) is 16.2. The fourth-order valence-corrected chi connectivity index (χ4v) is 5.09. The van der Waals surface area contributed by atoms with Gasteiger partial charge in [0.15, 0.2) is 6.23 Å². The first-order chi connectivity index (χ1) is 16.7. The predicted octanol–water partition coefficient (Wildman–Crippen LogP) is 5.81. The van der Waals surface area contributed by atoms with E-state index in [0.29, 0.717) is 5.56 Å². The van der Waals surface area contributed by atoms with E-state index in [1.807, 2.05) is 59.3 Å². The van der Waals surface area contributed by atoms with Gasteiger partial charge in [-0.2, -0.15) is 5.10 Å². The lowest BCUT2D eigenvalue weighted by Crippen LogP contribution is -2.19. The van der Waals surface area contributed by atoms with E-state index in [4.69, 9.17) is 9.84 Å². The van der Waals surface area contributed by atoms with Gasteiger partial charge in [-0.25, -0.2) is 4.68 Å². The minimum Gasteiger partial charge on any atom is -0.356 e. The van der Waals surface area contributed by atoms with Crippen LogP contribution in [0.2, 0.25) is 0 Å². The summed E-state index contributed by atoms with van der Waals surface area (Å²) < 4.78 is 8.09. The summed E-state index contributed by atoms with van der Waals surface area (Å²) in [5.41, 5.74) is 3.46. The number of hydrogen-bond acceptors (Lipinski definition) is 5. The number of carbonyl (C=O) groups is 1. The van der Waals surface area contributed by atoms with Gasteiger partial charge in [0, 0.05) is 35.0 Å². The van der Waals surface area contributed by atoms with Crippen molar-refractivity contribution in [1.82, 2.24) is 20.1 Å². The van der Waals surface area contributed by atoms with Gasteiger partial charge >= 0.3 is 0 Å². The minimum atomic E-state index is -0.0910. The van der Waals surface area contributed by atoms with Crippen LogP contribution in [-0.4, -0.2) is 34.3 Å². The van der Waals surface area contributed by atoms with E-state index in [9.17, 15) is 4.79 Å². The van der Waals surface area contributed by atoms with Crippen molar-refractivity contribution in [1.29, 1.82) is 0 Å². The second-order valence-corrected chi connectivity index (χ2v) is 9.21. The van der Waals surface area contributed by atoms with Gasteiger partial charge in [0.25, 0.3) is 5.91 Å². The zero-order chi connectivity index (χ0) is 23.3. The van der Waals surface area contributed by atoms with Gasteiger partial charge in [0.1, 0.15) is 0 Å². The number of hydrogen-bond donors (Lipinski definition) is 1. The Morgan fingerprint density at radius 2 is 2.00 bits per heavy atom. The molecule has 0 bridgehead atoms. The Labute approximate surface area is 203 Å². The Morgan fingerprint density at radius 1 is 1.12 bits per heavy atom. The van der Waals surface area contributed by atoms with E-state index in [-0.39, 0.29) is 12.1 Å². The van der Waals surface area contributed by atoms with Crippen LogP contribution in [0, 0.1) is 0 Å². The lowest BCUT2D eigenvalue weighted by atomic mass is 10.1. The highest BCUT2D eigenvalue weighted by molar-refractivity contribution is 7.99. The first-order valence-corrected chi connectivity index (χ1v) is 12.3. The smallest absolute Gasteiger partial charge is 0.252 e. The Kier molecular flexibility index (Phi) is 6.74. The van der Waals surface area contributed by atoms with Gasteiger partial charge in [0.2, 0.25) is 0 Å². The van der Waals surface area contributed by atoms with Crippen molar-refractivity contribution >= 4 is 40.7 Å². The fourth-order valence-electron chi connectivity index (χ4n) is 4.11. The van der Waals surface area contributed by atoms with Crippen molar-refractivity contribution in [3.05, 3.63) is 83.8 Å². The molecule has 6 nitrogen and oxygen atoms in total. The molecule has 0 spiro atoms. The van der Waals surface area contributed by atoms with Crippen LogP contribution >= 0.6 is 11.8 Å². The van der Waals surface area contributed by atoms with Gasteiger partial charge in [0.05, 0.1) is 22.5 Å². The van der Waals surface area contributed by atoms with Crippen LogP contribution in [0.15, 0.2) is 76.7 Å². The molecule has 1 aliphatic rings. The summed E-state index contributed by atoms with van der Waals surface area (Å²) in [6.45, 7) is 0.749. The number of nitrogens with one attached hydrogen (secondary N) is 1. The van der Waals surface area contributed by atoms with Crippen LogP contribution in [0.25, 0.3) is 23.1 Å². The van der Waals surface area contributed by atoms with Crippen LogP contribution in [0.4, 0.5) is 0 Å². The molecule has 1 saturated heterocycles. The van der Waals surface area contributed by atoms with Gasteiger partial charge in [-0.1, -0.05) is 30.0 Å². The number of aromatic nitrogens is 3. The summed E-state index contributed by atoms with van der Waals surface area (Å²) in [4.78, 5) is 18.7. The van der Waals surface area contributed by atoms with Crippen molar-refractivity contribution in [2.24, 2.45) is 0 Å². The van der Waals surface area contributed by atoms with E-state index < -0.39 is 0 Å². The highest BCUT2D eigenvalue weighted by Crippen LogP contribution is 2.35. The Morgan fingerprint density at radius 3 is 2.79 bits per heavy atom. The van der Waals surface area contributed by atoms with Crippen molar-refractivity contribution in [2.45, 2.75) is 35.3 Å². The molecule has 4 aromatic rings. The molecule has 172 valence electrons. The monoisotopic (exact) mass is 470 g/mol. The standard InChI is InChI=1S/C27H26N4O2S/c1-28-27(32)22-9-2-3-10-25(22)34-20-13-14-21-23(15-12-19-8-4-6-16-29-19)30-31(24(21)18-20)26-11-5-7-17-33-26/h2-4,6,8-10,12-16,18,26H,5,7,11,17H2,1H3,(H,28,32)/b15-12+/t26-/m0/s1. The van der Waals surface area contributed by atoms with Crippen molar-refractivity contribution < 1.29 is 9.53 Å². The molecule has 2 aromatic heterocycles. The van der Waals surface area contributed by atoms with E-state index in [1.54, 1.807) is 25.0 Å².